The average molecular weight is 353 g/mol. The molecule has 0 aliphatic carbocycles. The predicted octanol–water partition coefficient (Wildman–Crippen LogP) is 1.85. The zero-order valence-corrected chi connectivity index (χ0v) is 13.0. The van der Waals surface area contributed by atoms with Crippen molar-refractivity contribution in [3.8, 4) is 0 Å². The number of aryl methyl sites for hydroxylation is 2. The fourth-order valence-electron chi connectivity index (χ4n) is 1.41. The van der Waals surface area contributed by atoms with E-state index >= 15 is 0 Å². The topological polar surface area (TPSA) is 106 Å². The van der Waals surface area contributed by atoms with Crippen LogP contribution in [-0.2, 0) is 0 Å². The predicted molar refractivity (Wildman–Crippen MR) is 78.6 cm³/mol. The van der Waals surface area contributed by atoms with Gasteiger partial charge in [0.25, 0.3) is 0 Å². The second-order valence-electron chi connectivity index (χ2n) is 3.87. The van der Waals surface area contributed by atoms with Crippen molar-refractivity contribution in [3.05, 3.63) is 47.6 Å². The maximum absolute atomic E-state index is 10.9. The maximum Gasteiger partial charge on any atom is 0.339 e. The molecule has 2 rings (SSSR count). The summed E-state index contributed by atoms with van der Waals surface area (Å²) < 4.78 is 0. The SMILES string of the molecule is Cc1ncnc(C)c1C(=O)O.O=C(CBr)c1cnccn1. The molecule has 2 heterocycles. The molecular weight excluding hydrogens is 340 g/mol. The maximum atomic E-state index is 10.9. The summed E-state index contributed by atoms with van der Waals surface area (Å²) in [5.74, 6) is -1.02. The van der Waals surface area contributed by atoms with Gasteiger partial charge in [-0.15, -0.1) is 0 Å². The lowest BCUT2D eigenvalue weighted by Crippen LogP contribution is -2.06. The summed E-state index contributed by atoms with van der Waals surface area (Å²) in [6, 6.07) is 0. The van der Waals surface area contributed by atoms with E-state index in [2.05, 4.69) is 35.9 Å². The van der Waals surface area contributed by atoms with Crippen molar-refractivity contribution in [2.45, 2.75) is 13.8 Å². The van der Waals surface area contributed by atoms with Crippen LogP contribution in [0.2, 0.25) is 0 Å². The van der Waals surface area contributed by atoms with Crippen molar-refractivity contribution >= 4 is 27.7 Å². The highest BCUT2D eigenvalue weighted by atomic mass is 79.9. The van der Waals surface area contributed by atoms with Gasteiger partial charge in [-0.3, -0.25) is 9.78 Å². The Morgan fingerprint density at radius 3 is 2.14 bits per heavy atom. The number of hydrogen-bond donors (Lipinski definition) is 1. The third-order valence-corrected chi connectivity index (χ3v) is 2.92. The quantitative estimate of drug-likeness (QED) is 0.663. The molecule has 0 spiro atoms. The molecule has 0 aliphatic heterocycles. The Morgan fingerprint density at radius 2 is 1.76 bits per heavy atom. The Balaban J connectivity index is 0.000000211. The first kappa shape index (κ1) is 16.8. The number of carboxylic acids is 1. The monoisotopic (exact) mass is 352 g/mol. The van der Waals surface area contributed by atoms with Crippen LogP contribution in [0.5, 0.6) is 0 Å². The molecule has 7 nitrogen and oxygen atoms in total. The first-order valence-electron chi connectivity index (χ1n) is 5.84. The number of alkyl halides is 1. The van der Waals surface area contributed by atoms with Crippen molar-refractivity contribution in [2.75, 3.05) is 5.33 Å². The average Bonchev–Trinajstić information content (AvgIpc) is 2.47. The lowest BCUT2D eigenvalue weighted by Gasteiger charge is -2.00. The van der Waals surface area contributed by atoms with E-state index in [1.165, 1.54) is 24.9 Å². The molecule has 0 aromatic carbocycles. The Labute approximate surface area is 129 Å². The molecule has 0 saturated carbocycles. The lowest BCUT2D eigenvalue weighted by atomic mass is 10.2. The molecule has 21 heavy (non-hydrogen) atoms. The van der Waals surface area contributed by atoms with E-state index in [4.69, 9.17) is 5.11 Å². The number of carbonyl (C=O) groups is 2. The number of carboxylic acid groups (broad SMARTS) is 1. The van der Waals surface area contributed by atoms with Gasteiger partial charge in [-0.2, -0.15) is 0 Å². The molecule has 0 aliphatic rings. The van der Waals surface area contributed by atoms with Gasteiger partial charge in [0.05, 0.1) is 22.9 Å². The van der Waals surface area contributed by atoms with Crippen LogP contribution in [0.25, 0.3) is 0 Å². The van der Waals surface area contributed by atoms with Crippen molar-refractivity contribution in [2.24, 2.45) is 0 Å². The van der Waals surface area contributed by atoms with Gasteiger partial charge in [0.15, 0.2) is 5.78 Å². The number of halogens is 1. The van der Waals surface area contributed by atoms with Gasteiger partial charge < -0.3 is 5.11 Å². The normalized spacial score (nSPS) is 9.48. The second kappa shape index (κ2) is 8.15. The Kier molecular flexibility index (Phi) is 6.54. The zero-order valence-electron chi connectivity index (χ0n) is 11.4. The summed E-state index contributed by atoms with van der Waals surface area (Å²) in [6.45, 7) is 3.30. The van der Waals surface area contributed by atoms with Gasteiger partial charge in [-0.25, -0.2) is 19.7 Å². The number of hydrogen-bond acceptors (Lipinski definition) is 6. The van der Waals surface area contributed by atoms with Crippen LogP contribution in [0.3, 0.4) is 0 Å². The van der Waals surface area contributed by atoms with Gasteiger partial charge in [0, 0.05) is 12.4 Å². The molecule has 0 atom stereocenters. The molecule has 2 aromatic rings. The number of ketones is 1. The van der Waals surface area contributed by atoms with E-state index in [1.807, 2.05) is 0 Å². The number of rotatable bonds is 3. The summed E-state index contributed by atoms with van der Waals surface area (Å²) >= 11 is 3.03. The highest BCUT2D eigenvalue weighted by Gasteiger charge is 2.11. The highest BCUT2D eigenvalue weighted by molar-refractivity contribution is 9.09. The van der Waals surface area contributed by atoms with Crippen LogP contribution >= 0.6 is 15.9 Å². The minimum Gasteiger partial charge on any atom is -0.478 e. The van der Waals surface area contributed by atoms with E-state index in [0.29, 0.717) is 22.4 Å². The first-order chi connectivity index (χ1) is 9.97. The summed E-state index contributed by atoms with van der Waals surface area (Å²) in [4.78, 5) is 36.5. The van der Waals surface area contributed by atoms with Crippen LogP contribution < -0.4 is 0 Å². The second-order valence-corrected chi connectivity index (χ2v) is 4.43. The molecule has 0 fully saturated rings. The molecule has 110 valence electrons. The summed E-state index contributed by atoms with van der Waals surface area (Å²) in [7, 11) is 0. The van der Waals surface area contributed by atoms with E-state index in [-0.39, 0.29) is 11.3 Å². The highest BCUT2D eigenvalue weighted by Crippen LogP contribution is 2.06. The number of aromatic carboxylic acids is 1. The molecule has 0 radical (unpaired) electrons. The van der Waals surface area contributed by atoms with Gasteiger partial charge >= 0.3 is 5.97 Å². The van der Waals surface area contributed by atoms with Crippen molar-refractivity contribution in [3.63, 3.8) is 0 Å². The Morgan fingerprint density at radius 1 is 1.14 bits per heavy atom. The third-order valence-electron chi connectivity index (χ3n) is 2.41. The van der Waals surface area contributed by atoms with E-state index in [0.717, 1.165) is 0 Å². The Bertz CT molecular complexity index is 614. The van der Waals surface area contributed by atoms with Crippen molar-refractivity contribution in [1.82, 2.24) is 19.9 Å². The summed E-state index contributed by atoms with van der Waals surface area (Å²) in [5.41, 5.74) is 1.61. The van der Waals surface area contributed by atoms with Gasteiger partial charge in [0.1, 0.15) is 17.6 Å². The largest absolute Gasteiger partial charge is 0.478 e. The minimum atomic E-state index is -0.972. The molecule has 0 bridgehead atoms. The van der Waals surface area contributed by atoms with Gasteiger partial charge in [-0.1, -0.05) is 15.9 Å². The van der Waals surface area contributed by atoms with Crippen LogP contribution in [0, 0.1) is 13.8 Å². The van der Waals surface area contributed by atoms with E-state index in [1.54, 1.807) is 13.8 Å². The lowest BCUT2D eigenvalue weighted by molar-refractivity contribution is 0.0694. The van der Waals surface area contributed by atoms with Crippen LogP contribution in [-0.4, -0.2) is 42.1 Å². The first-order valence-corrected chi connectivity index (χ1v) is 6.96. The summed E-state index contributed by atoms with van der Waals surface area (Å²) in [5, 5.41) is 8.96. The molecule has 1 N–H and O–H groups in total. The Hall–Kier alpha value is -2.22. The molecule has 0 unspecified atom stereocenters. The smallest absolute Gasteiger partial charge is 0.339 e. The minimum absolute atomic E-state index is 0.0481. The molecule has 0 saturated heterocycles. The molecule has 0 amide bonds. The summed E-state index contributed by atoms with van der Waals surface area (Å²) in [6.07, 6.45) is 5.83. The number of nitrogens with zero attached hydrogens (tertiary/aromatic N) is 4. The van der Waals surface area contributed by atoms with Crippen LogP contribution in [0.4, 0.5) is 0 Å². The molecule has 8 heteroatoms. The standard InChI is InChI=1S/C7H8N2O2.C6H5BrN2O/c1-4-6(7(10)11)5(2)9-3-8-4;7-3-6(10)5-4-8-1-2-9-5/h3H,1-2H3,(H,10,11);1-2,4H,3H2. The van der Waals surface area contributed by atoms with E-state index < -0.39 is 5.97 Å². The number of Topliss-reactive ketones (excluding diaryl/α,β-unsaturated/α-hetero) is 1. The van der Waals surface area contributed by atoms with Crippen LogP contribution in [0.1, 0.15) is 32.2 Å². The van der Waals surface area contributed by atoms with Crippen molar-refractivity contribution in [1.29, 1.82) is 0 Å². The van der Waals surface area contributed by atoms with Crippen LogP contribution in [0.15, 0.2) is 24.9 Å². The van der Waals surface area contributed by atoms with E-state index in [9.17, 15) is 9.59 Å². The fraction of sp³-hybridized carbons (Fsp3) is 0.231. The van der Waals surface area contributed by atoms with Gasteiger partial charge in [-0.05, 0) is 13.8 Å². The fourth-order valence-corrected chi connectivity index (χ4v) is 1.70. The molecule has 2 aromatic heterocycles. The van der Waals surface area contributed by atoms with Crippen molar-refractivity contribution < 1.29 is 14.7 Å². The number of carbonyl (C=O) groups excluding carboxylic acids is 1. The zero-order chi connectivity index (χ0) is 15.8. The van der Waals surface area contributed by atoms with Gasteiger partial charge in [0.2, 0.25) is 0 Å². The molecular formula is C13H13BrN4O3. The number of aromatic nitrogens is 4. The third kappa shape index (κ3) is 4.99.